The van der Waals surface area contributed by atoms with Crippen LogP contribution in [0.1, 0.15) is 42.9 Å². The van der Waals surface area contributed by atoms with Crippen LogP contribution in [0.5, 0.6) is 0 Å². The first-order valence-corrected chi connectivity index (χ1v) is 7.46. The number of rotatable bonds is 7. The number of benzene rings is 1. The number of hydrogen-bond donors (Lipinski definition) is 0. The molecule has 1 aromatic carbocycles. The van der Waals surface area contributed by atoms with Crippen LogP contribution in [0.2, 0.25) is 0 Å². The summed E-state index contributed by atoms with van der Waals surface area (Å²) < 4.78 is 12.7. The standard InChI is InChI=1S/C18H22FN/c1-2-3-4-5-15-6-8-16(9-7-15)10-11-17-12-13-18(19)20-14-17/h6-9,12-14H,2-5,10-11H2,1H3. The van der Waals surface area contributed by atoms with E-state index in [9.17, 15) is 4.39 Å². The van der Waals surface area contributed by atoms with Gasteiger partial charge in [0.05, 0.1) is 0 Å². The van der Waals surface area contributed by atoms with E-state index in [-0.39, 0.29) is 0 Å². The van der Waals surface area contributed by atoms with Crippen molar-refractivity contribution in [1.82, 2.24) is 4.98 Å². The van der Waals surface area contributed by atoms with Crippen LogP contribution in [-0.2, 0) is 19.3 Å². The Labute approximate surface area is 120 Å². The molecule has 1 aromatic heterocycles. The van der Waals surface area contributed by atoms with E-state index in [1.165, 1.54) is 42.9 Å². The first-order valence-electron chi connectivity index (χ1n) is 7.46. The van der Waals surface area contributed by atoms with E-state index in [1.54, 1.807) is 12.3 Å². The van der Waals surface area contributed by atoms with E-state index in [0.29, 0.717) is 0 Å². The number of unbranched alkanes of at least 4 members (excludes halogenated alkanes) is 2. The van der Waals surface area contributed by atoms with Crippen LogP contribution in [0.3, 0.4) is 0 Å². The average molecular weight is 271 g/mol. The largest absolute Gasteiger partial charge is 0.228 e. The first-order chi connectivity index (χ1) is 9.78. The summed E-state index contributed by atoms with van der Waals surface area (Å²) in [4.78, 5) is 3.68. The van der Waals surface area contributed by atoms with Crippen molar-refractivity contribution in [3.8, 4) is 0 Å². The zero-order chi connectivity index (χ0) is 14.2. The van der Waals surface area contributed by atoms with Crippen molar-refractivity contribution in [2.45, 2.75) is 45.4 Å². The first kappa shape index (κ1) is 14.7. The molecule has 106 valence electrons. The summed E-state index contributed by atoms with van der Waals surface area (Å²) in [6, 6.07) is 12.1. The summed E-state index contributed by atoms with van der Waals surface area (Å²) in [6.07, 6.45) is 8.52. The van der Waals surface area contributed by atoms with Crippen LogP contribution < -0.4 is 0 Å². The molecule has 0 atom stereocenters. The van der Waals surface area contributed by atoms with E-state index < -0.39 is 5.95 Å². The lowest BCUT2D eigenvalue weighted by Gasteiger charge is -2.04. The average Bonchev–Trinajstić information content (AvgIpc) is 2.48. The van der Waals surface area contributed by atoms with E-state index in [1.807, 2.05) is 0 Å². The summed E-state index contributed by atoms with van der Waals surface area (Å²) in [7, 11) is 0. The molecule has 1 nitrogen and oxygen atoms in total. The highest BCUT2D eigenvalue weighted by Gasteiger charge is 1.99. The van der Waals surface area contributed by atoms with Gasteiger partial charge in [0.15, 0.2) is 0 Å². The Morgan fingerprint density at radius 1 is 0.800 bits per heavy atom. The third-order valence-corrected chi connectivity index (χ3v) is 3.58. The van der Waals surface area contributed by atoms with Crippen molar-refractivity contribution >= 4 is 0 Å². The summed E-state index contributed by atoms with van der Waals surface area (Å²) in [5.74, 6) is -0.412. The molecule has 0 saturated carbocycles. The molecular formula is C18H22FN. The molecule has 0 unspecified atom stereocenters. The van der Waals surface area contributed by atoms with Crippen LogP contribution in [-0.4, -0.2) is 4.98 Å². The van der Waals surface area contributed by atoms with Gasteiger partial charge in [-0.1, -0.05) is 50.1 Å². The lowest BCUT2D eigenvalue weighted by Crippen LogP contribution is -1.94. The predicted octanol–water partition coefficient (Wildman–Crippen LogP) is 4.74. The van der Waals surface area contributed by atoms with Crippen LogP contribution in [0.15, 0.2) is 42.6 Å². The van der Waals surface area contributed by atoms with E-state index in [0.717, 1.165) is 18.4 Å². The molecule has 0 radical (unpaired) electrons. The minimum absolute atomic E-state index is 0.412. The van der Waals surface area contributed by atoms with Gasteiger partial charge in [-0.2, -0.15) is 4.39 Å². The van der Waals surface area contributed by atoms with E-state index in [4.69, 9.17) is 0 Å². The van der Waals surface area contributed by atoms with Gasteiger partial charge in [-0.15, -0.1) is 0 Å². The summed E-state index contributed by atoms with van der Waals surface area (Å²) in [5, 5.41) is 0. The van der Waals surface area contributed by atoms with E-state index in [2.05, 4.69) is 36.2 Å². The number of nitrogens with zero attached hydrogens (tertiary/aromatic N) is 1. The fourth-order valence-corrected chi connectivity index (χ4v) is 2.29. The Morgan fingerprint density at radius 2 is 1.40 bits per heavy atom. The second-order valence-corrected chi connectivity index (χ2v) is 5.26. The third-order valence-electron chi connectivity index (χ3n) is 3.58. The molecular weight excluding hydrogens is 249 g/mol. The molecule has 20 heavy (non-hydrogen) atoms. The van der Waals surface area contributed by atoms with E-state index >= 15 is 0 Å². The van der Waals surface area contributed by atoms with Crippen molar-refractivity contribution in [3.05, 3.63) is 65.2 Å². The molecule has 0 aliphatic rings. The van der Waals surface area contributed by atoms with Gasteiger partial charge in [0.25, 0.3) is 0 Å². The maximum absolute atomic E-state index is 12.7. The van der Waals surface area contributed by atoms with Crippen molar-refractivity contribution in [3.63, 3.8) is 0 Å². The molecule has 0 aliphatic carbocycles. The Balaban J connectivity index is 1.82. The molecule has 2 aromatic rings. The SMILES string of the molecule is CCCCCc1ccc(CCc2ccc(F)nc2)cc1. The van der Waals surface area contributed by atoms with Gasteiger partial charge in [-0.3, -0.25) is 0 Å². The highest BCUT2D eigenvalue weighted by atomic mass is 19.1. The molecule has 0 saturated heterocycles. The number of aryl methyl sites for hydroxylation is 3. The fraction of sp³-hybridized carbons (Fsp3) is 0.389. The van der Waals surface area contributed by atoms with Gasteiger partial charge < -0.3 is 0 Å². The Morgan fingerprint density at radius 3 is 2.00 bits per heavy atom. The molecule has 0 fully saturated rings. The smallest absolute Gasteiger partial charge is 0.212 e. The van der Waals surface area contributed by atoms with Crippen LogP contribution >= 0.6 is 0 Å². The highest BCUT2D eigenvalue weighted by Crippen LogP contribution is 2.11. The molecule has 1 heterocycles. The summed E-state index contributed by atoms with van der Waals surface area (Å²) in [5.41, 5.74) is 3.83. The molecule has 0 spiro atoms. The van der Waals surface area contributed by atoms with Gasteiger partial charge in [-0.25, -0.2) is 4.98 Å². The minimum atomic E-state index is -0.412. The van der Waals surface area contributed by atoms with Crippen molar-refractivity contribution in [1.29, 1.82) is 0 Å². The van der Waals surface area contributed by atoms with Crippen LogP contribution in [0.4, 0.5) is 4.39 Å². The maximum atomic E-state index is 12.7. The van der Waals surface area contributed by atoms with Gasteiger partial charge in [0.2, 0.25) is 5.95 Å². The molecule has 2 heteroatoms. The highest BCUT2D eigenvalue weighted by molar-refractivity contribution is 5.24. The number of halogens is 1. The van der Waals surface area contributed by atoms with Crippen molar-refractivity contribution in [2.24, 2.45) is 0 Å². The second kappa shape index (κ2) is 7.78. The second-order valence-electron chi connectivity index (χ2n) is 5.26. The predicted molar refractivity (Wildman–Crippen MR) is 81.3 cm³/mol. The number of hydrogen-bond acceptors (Lipinski definition) is 1. The Hall–Kier alpha value is -1.70. The third kappa shape index (κ3) is 4.76. The number of aromatic nitrogens is 1. The molecule has 0 aliphatic heterocycles. The van der Waals surface area contributed by atoms with Gasteiger partial charge in [0, 0.05) is 6.20 Å². The summed E-state index contributed by atoms with van der Waals surface area (Å²) >= 11 is 0. The Kier molecular flexibility index (Phi) is 5.72. The van der Waals surface area contributed by atoms with Crippen molar-refractivity contribution in [2.75, 3.05) is 0 Å². The summed E-state index contributed by atoms with van der Waals surface area (Å²) in [6.45, 7) is 2.23. The van der Waals surface area contributed by atoms with Gasteiger partial charge in [0.1, 0.15) is 0 Å². The minimum Gasteiger partial charge on any atom is -0.228 e. The molecule has 0 bridgehead atoms. The molecule has 0 N–H and O–H groups in total. The van der Waals surface area contributed by atoms with Crippen molar-refractivity contribution < 1.29 is 4.39 Å². The lowest BCUT2D eigenvalue weighted by atomic mass is 10.0. The van der Waals surface area contributed by atoms with Crippen LogP contribution in [0, 0.1) is 5.95 Å². The molecule has 0 amide bonds. The van der Waals surface area contributed by atoms with Gasteiger partial charge >= 0.3 is 0 Å². The topological polar surface area (TPSA) is 12.9 Å². The monoisotopic (exact) mass is 271 g/mol. The maximum Gasteiger partial charge on any atom is 0.212 e. The fourth-order valence-electron chi connectivity index (χ4n) is 2.29. The molecule has 2 rings (SSSR count). The van der Waals surface area contributed by atoms with Crippen LogP contribution in [0.25, 0.3) is 0 Å². The van der Waals surface area contributed by atoms with Gasteiger partial charge in [-0.05, 0) is 48.4 Å². The zero-order valence-electron chi connectivity index (χ0n) is 12.1. The zero-order valence-corrected chi connectivity index (χ0v) is 12.1. The number of pyridine rings is 1. The quantitative estimate of drug-likeness (QED) is 0.523. The normalized spacial score (nSPS) is 10.7. The lowest BCUT2D eigenvalue weighted by molar-refractivity contribution is 0.582. The Bertz CT molecular complexity index is 502.